The van der Waals surface area contributed by atoms with Gasteiger partial charge in [-0.3, -0.25) is 4.79 Å². The number of aliphatic hydroxyl groups excluding tert-OH is 1. The number of hydrogen-bond acceptors (Lipinski definition) is 6. The van der Waals surface area contributed by atoms with Gasteiger partial charge in [-0.15, -0.1) is 0 Å². The van der Waals surface area contributed by atoms with Crippen molar-refractivity contribution >= 4 is 18.0 Å². The zero-order valence-corrected chi connectivity index (χ0v) is 19.3. The smallest absolute Gasteiger partial charge is 0.266 e. The molecule has 0 bridgehead atoms. The highest BCUT2D eigenvalue weighted by Gasteiger charge is 2.07. The van der Waals surface area contributed by atoms with Crippen molar-refractivity contribution in [3.8, 4) is 0 Å². The second-order valence-corrected chi connectivity index (χ2v) is 6.50. The molecule has 8 nitrogen and oxygen atoms in total. The van der Waals surface area contributed by atoms with Crippen molar-refractivity contribution in [2.24, 2.45) is 9.98 Å². The van der Waals surface area contributed by atoms with Crippen molar-refractivity contribution in [3.05, 3.63) is 73.2 Å². The minimum atomic E-state index is -0.462. The van der Waals surface area contributed by atoms with E-state index in [1.807, 2.05) is 50.9 Å². The molecular formula is C23H36N6O2. The largest absolute Gasteiger partial charge is 0.493 e. The third-order valence-electron chi connectivity index (χ3n) is 4.21. The van der Waals surface area contributed by atoms with E-state index in [1.165, 1.54) is 12.2 Å². The lowest BCUT2D eigenvalue weighted by Crippen LogP contribution is -2.33. The summed E-state index contributed by atoms with van der Waals surface area (Å²) in [6.07, 6.45) is 13.3. The number of nitrogens with zero attached hydrogens (tertiary/aromatic N) is 4. The first-order valence-electron chi connectivity index (χ1n) is 9.97. The van der Waals surface area contributed by atoms with Crippen LogP contribution in [0.1, 0.15) is 20.3 Å². The third kappa shape index (κ3) is 12.6. The first kappa shape index (κ1) is 27.5. The number of amidine groups is 1. The van der Waals surface area contributed by atoms with Crippen LogP contribution in [-0.4, -0.2) is 67.1 Å². The fourth-order valence-electron chi connectivity index (χ4n) is 2.12. The molecule has 0 saturated heterocycles. The molecule has 0 aromatic rings. The number of aliphatic hydroxyl groups is 1. The monoisotopic (exact) mass is 428 g/mol. The lowest BCUT2D eigenvalue weighted by atomic mass is 10.1. The van der Waals surface area contributed by atoms with Gasteiger partial charge >= 0.3 is 0 Å². The Balaban J connectivity index is 5.31. The van der Waals surface area contributed by atoms with Crippen LogP contribution in [0.2, 0.25) is 0 Å². The summed E-state index contributed by atoms with van der Waals surface area (Å²) in [7, 11) is 5.74. The van der Waals surface area contributed by atoms with Crippen LogP contribution in [0.15, 0.2) is 83.2 Å². The fraction of sp³-hybridized carbons (Fsp3) is 0.348. The summed E-state index contributed by atoms with van der Waals surface area (Å²) in [5, 5.41) is 15.0. The van der Waals surface area contributed by atoms with Gasteiger partial charge < -0.3 is 25.5 Å². The zero-order chi connectivity index (χ0) is 23.6. The molecule has 0 spiro atoms. The number of allylic oxidation sites excluding steroid dienone is 5. The van der Waals surface area contributed by atoms with E-state index in [9.17, 15) is 9.90 Å². The molecule has 0 atom stereocenters. The number of hydrogen-bond donors (Lipinski definition) is 3. The van der Waals surface area contributed by atoms with Crippen molar-refractivity contribution in [1.82, 2.24) is 20.4 Å². The Kier molecular flexibility index (Phi) is 14.4. The summed E-state index contributed by atoms with van der Waals surface area (Å²) in [4.78, 5) is 24.1. The van der Waals surface area contributed by atoms with Crippen molar-refractivity contribution < 1.29 is 9.90 Å². The number of carbonyl (C=O) groups is 1. The van der Waals surface area contributed by atoms with Crippen LogP contribution in [0.3, 0.4) is 0 Å². The Morgan fingerprint density at radius 3 is 2.45 bits per heavy atom. The Hall–Kier alpha value is -3.55. The van der Waals surface area contributed by atoms with Crippen molar-refractivity contribution in [2.75, 3.05) is 34.2 Å². The van der Waals surface area contributed by atoms with Gasteiger partial charge in [-0.1, -0.05) is 32.2 Å². The number of aliphatic imine (C=N–C) groups is 2. The van der Waals surface area contributed by atoms with Crippen LogP contribution < -0.4 is 10.6 Å². The minimum absolute atomic E-state index is 0.295. The van der Waals surface area contributed by atoms with E-state index in [4.69, 9.17) is 0 Å². The van der Waals surface area contributed by atoms with Crippen LogP contribution in [0, 0.1) is 0 Å². The first-order chi connectivity index (χ1) is 14.8. The van der Waals surface area contributed by atoms with E-state index >= 15 is 0 Å². The van der Waals surface area contributed by atoms with Crippen molar-refractivity contribution in [2.45, 2.75) is 20.3 Å². The van der Waals surface area contributed by atoms with Gasteiger partial charge in [-0.25, -0.2) is 9.98 Å². The highest BCUT2D eigenvalue weighted by atomic mass is 16.3. The first-order valence-corrected chi connectivity index (χ1v) is 9.97. The van der Waals surface area contributed by atoms with Crippen LogP contribution in [0.4, 0.5) is 0 Å². The maximum Gasteiger partial charge on any atom is 0.266 e. The molecule has 0 aliphatic carbocycles. The van der Waals surface area contributed by atoms with E-state index in [0.29, 0.717) is 6.54 Å². The SMILES string of the molecule is C=C/C=C(O)\N=C\C(=O)N/C=C(/C=C(\C=C)CC)N(C)CCN(C)C(C)=N/C=C\NC. The molecule has 31 heavy (non-hydrogen) atoms. The van der Waals surface area contributed by atoms with Gasteiger partial charge in [0.25, 0.3) is 5.91 Å². The summed E-state index contributed by atoms with van der Waals surface area (Å²) < 4.78 is 0. The lowest BCUT2D eigenvalue weighted by molar-refractivity contribution is -0.113. The third-order valence-corrected chi connectivity index (χ3v) is 4.21. The lowest BCUT2D eigenvalue weighted by Gasteiger charge is -2.25. The molecule has 0 aromatic carbocycles. The quantitative estimate of drug-likeness (QED) is 0.181. The summed E-state index contributed by atoms with van der Waals surface area (Å²) >= 11 is 0. The molecule has 170 valence electrons. The van der Waals surface area contributed by atoms with E-state index in [0.717, 1.165) is 36.3 Å². The highest BCUT2D eigenvalue weighted by Crippen LogP contribution is 2.10. The van der Waals surface area contributed by atoms with E-state index in [1.54, 1.807) is 24.7 Å². The number of nitrogens with one attached hydrogen (secondary N) is 2. The fourth-order valence-corrected chi connectivity index (χ4v) is 2.12. The van der Waals surface area contributed by atoms with Gasteiger partial charge in [0.05, 0.1) is 11.9 Å². The van der Waals surface area contributed by atoms with Gasteiger partial charge in [0.2, 0.25) is 5.88 Å². The molecule has 0 radical (unpaired) electrons. The highest BCUT2D eigenvalue weighted by molar-refractivity contribution is 6.26. The predicted octanol–water partition coefficient (Wildman–Crippen LogP) is 3.10. The second-order valence-electron chi connectivity index (χ2n) is 6.50. The molecule has 8 heteroatoms. The molecule has 0 heterocycles. The Bertz CT molecular complexity index is 775. The molecule has 0 aromatic heterocycles. The number of rotatable bonds is 13. The Labute approximate surface area is 186 Å². The number of likely N-dealkylation sites (N-methyl/N-ethyl adjacent to an activating group) is 2. The van der Waals surface area contributed by atoms with Crippen LogP contribution in [0.25, 0.3) is 0 Å². The van der Waals surface area contributed by atoms with Crippen molar-refractivity contribution in [1.29, 1.82) is 0 Å². The standard InChI is InChI=1S/C23H36N6O2/c1-8-11-22(30)27-18-23(31)26-17-21(16-20(9-2)10-3)29(7)15-14-28(6)19(4)25-13-12-24-5/h8-9,11-13,16-18,24,30H,1-2,10,14-15H2,3-7H3,(H,26,31)/b13-12-,20-16+,21-17-,22-11+,25-19?,27-18+. The van der Waals surface area contributed by atoms with E-state index in [2.05, 4.69) is 33.8 Å². The van der Waals surface area contributed by atoms with Crippen molar-refractivity contribution in [3.63, 3.8) is 0 Å². The van der Waals surface area contributed by atoms with E-state index in [-0.39, 0.29) is 5.88 Å². The molecule has 0 fully saturated rings. The van der Waals surface area contributed by atoms with Crippen LogP contribution in [0.5, 0.6) is 0 Å². The Morgan fingerprint density at radius 2 is 1.87 bits per heavy atom. The van der Waals surface area contributed by atoms with Gasteiger partial charge in [0.1, 0.15) is 5.84 Å². The van der Waals surface area contributed by atoms with Gasteiger partial charge in [0.15, 0.2) is 0 Å². The van der Waals surface area contributed by atoms with Crippen LogP contribution in [-0.2, 0) is 4.79 Å². The second kappa shape index (κ2) is 16.3. The zero-order valence-electron chi connectivity index (χ0n) is 19.3. The Morgan fingerprint density at radius 1 is 1.19 bits per heavy atom. The maximum absolute atomic E-state index is 12.0. The maximum atomic E-state index is 12.0. The van der Waals surface area contributed by atoms with Gasteiger partial charge in [-0.05, 0) is 31.1 Å². The molecule has 0 aliphatic heterocycles. The normalized spacial score (nSPS) is 13.5. The number of amides is 1. The minimum Gasteiger partial charge on any atom is -0.493 e. The van der Waals surface area contributed by atoms with E-state index < -0.39 is 5.91 Å². The topological polar surface area (TPSA) is 92.6 Å². The molecule has 1 amide bonds. The summed E-state index contributed by atoms with van der Waals surface area (Å²) in [6.45, 7) is 12.7. The summed E-state index contributed by atoms with van der Waals surface area (Å²) in [5.74, 6) is 0.130. The average Bonchev–Trinajstić information content (AvgIpc) is 2.76. The summed E-state index contributed by atoms with van der Waals surface area (Å²) in [5.41, 5.74) is 1.85. The molecule has 0 rings (SSSR count). The predicted molar refractivity (Wildman–Crippen MR) is 131 cm³/mol. The summed E-state index contributed by atoms with van der Waals surface area (Å²) in [6, 6.07) is 0. The van der Waals surface area contributed by atoms with Gasteiger partial charge in [0, 0.05) is 52.8 Å². The van der Waals surface area contributed by atoms with Gasteiger partial charge in [-0.2, -0.15) is 0 Å². The number of carbonyl (C=O) groups excluding carboxylic acids is 1. The van der Waals surface area contributed by atoms with Crippen LogP contribution >= 0.6 is 0 Å². The molecular weight excluding hydrogens is 392 g/mol. The molecule has 0 aliphatic rings. The average molecular weight is 429 g/mol. The molecule has 0 saturated carbocycles. The molecule has 0 unspecified atom stereocenters. The molecule has 3 N–H and O–H groups in total.